The zero-order valence-electron chi connectivity index (χ0n) is 19.8. The zero-order valence-corrected chi connectivity index (χ0v) is 19.8. The normalized spacial score (nSPS) is 43.1. The number of esters is 1. The summed E-state index contributed by atoms with van der Waals surface area (Å²) in [4.78, 5) is 37.3. The highest BCUT2D eigenvalue weighted by atomic mass is 16.5. The second kappa shape index (κ2) is 7.36. The molecule has 0 aromatic rings. The SMILES string of the molecule is CC(C)(C)C(=O)OCC(=O)[C@]1(O)CC[C@@H]2[C@H]3CCC4=CC(=O)C=C[C@]4(C)[C@@H]3[C@H](O)C[C@]21C. The summed E-state index contributed by atoms with van der Waals surface area (Å²) in [6.07, 6.45) is 7.48. The third-order valence-corrected chi connectivity index (χ3v) is 9.06. The summed E-state index contributed by atoms with van der Waals surface area (Å²) in [7, 11) is 0. The van der Waals surface area contributed by atoms with Crippen LogP contribution < -0.4 is 0 Å². The van der Waals surface area contributed by atoms with Crippen LogP contribution in [0.2, 0.25) is 0 Å². The Balaban J connectivity index is 1.60. The van der Waals surface area contributed by atoms with Crippen molar-refractivity contribution in [3.63, 3.8) is 0 Å². The first-order chi connectivity index (χ1) is 14.7. The van der Waals surface area contributed by atoms with Crippen LogP contribution in [0.25, 0.3) is 0 Å². The highest BCUT2D eigenvalue weighted by Crippen LogP contribution is 2.67. The molecule has 4 aliphatic carbocycles. The molecule has 6 nitrogen and oxygen atoms in total. The highest BCUT2D eigenvalue weighted by molar-refractivity contribution is 6.01. The number of ether oxygens (including phenoxy) is 1. The first-order valence-electron chi connectivity index (χ1n) is 11.8. The van der Waals surface area contributed by atoms with Crippen LogP contribution >= 0.6 is 0 Å². The molecule has 6 heteroatoms. The van der Waals surface area contributed by atoms with E-state index in [1.807, 2.05) is 13.0 Å². The highest BCUT2D eigenvalue weighted by Gasteiger charge is 2.68. The zero-order chi connectivity index (χ0) is 23.7. The lowest BCUT2D eigenvalue weighted by Gasteiger charge is -2.59. The summed E-state index contributed by atoms with van der Waals surface area (Å²) in [6.45, 7) is 8.73. The van der Waals surface area contributed by atoms with Crippen LogP contribution in [-0.4, -0.2) is 46.1 Å². The third kappa shape index (κ3) is 3.25. The summed E-state index contributed by atoms with van der Waals surface area (Å²) < 4.78 is 5.24. The number of fused-ring (bicyclic) bond motifs is 5. The molecule has 0 heterocycles. The van der Waals surface area contributed by atoms with E-state index in [0.717, 1.165) is 18.4 Å². The number of allylic oxidation sites excluding steroid dienone is 4. The van der Waals surface area contributed by atoms with Crippen molar-refractivity contribution >= 4 is 17.5 Å². The summed E-state index contributed by atoms with van der Waals surface area (Å²) in [5.41, 5.74) is -2.45. The Bertz CT molecular complexity index is 910. The van der Waals surface area contributed by atoms with Crippen molar-refractivity contribution in [2.75, 3.05) is 6.61 Å². The number of carbonyl (C=O) groups excluding carboxylic acids is 3. The minimum Gasteiger partial charge on any atom is -0.457 e. The Morgan fingerprint density at radius 2 is 1.91 bits per heavy atom. The van der Waals surface area contributed by atoms with Gasteiger partial charge < -0.3 is 14.9 Å². The van der Waals surface area contributed by atoms with Crippen molar-refractivity contribution in [1.82, 2.24) is 0 Å². The van der Waals surface area contributed by atoms with Crippen LogP contribution in [0.3, 0.4) is 0 Å². The molecule has 0 unspecified atom stereocenters. The molecule has 3 saturated carbocycles. The van der Waals surface area contributed by atoms with Crippen molar-refractivity contribution in [3.05, 3.63) is 23.8 Å². The Labute approximate surface area is 190 Å². The Morgan fingerprint density at radius 1 is 1.22 bits per heavy atom. The van der Waals surface area contributed by atoms with E-state index in [2.05, 4.69) is 6.92 Å². The van der Waals surface area contributed by atoms with Gasteiger partial charge in [0.2, 0.25) is 5.78 Å². The lowest BCUT2D eigenvalue weighted by atomic mass is 9.46. The van der Waals surface area contributed by atoms with Crippen molar-refractivity contribution in [1.29, 1.82) is 0 Å². The van der Waals surface area contributed by atoms with E-state index in [1.165, 1.54) is 0 Å². The van der Waals surface area contributed by atoms with Gasteiger partial charge in [-0.05, 0) is 76.9 Å². The van der Waals surface area contributed by atoms with Crippen LogP contribution in [0.5, 0.6) is 0 Å². The molecule has 176 valence electrons. The van der Waals surface area contributed by atoms with Crippen LogP contribution in [0.4, 0.5) is 0 Å². The summed E-state index contributed by atoms with van der Waals surface area (Å²) in [6, 6.07) is 0. The van der Waals surface area contributed by atoms with E-state index in [1.54, 1.807) is 32.9 Å². The molecule has 7 atom stereocenters. The average molecular weight is 445 g/mol. The van der Waals surface area contributed by atoms with Gasteiger partial charge in [0.1, 0.15) is 5.60 Å². The summed E-state index contributed by atoms with van der Waals surface area (Å²) in [5, 5.41) is 23.0. The number of carbonyl (C=O) groups is 3. The van der Waals surface area contributed by atoms with Gasteiger partial charge in [-0.2, -0.15) is 0 Å². The topological polar surface area (TPSA) is 101 Å². The Morgan fingerprint density at radius 3 is 2.56 bits per heavy atom. The lowest BCUT2D eigenvalue weighted by molar-refractivity contribution is -0.182. The minimum atomic E-state index is -1.63. The van der Waals surface area contributed by atoms with E-state index in [-0.39, 0.29) is 29.0 Å². The van der Waals surface area contributed by atoms with Gasteiger partial charge >= 0.3 is 5.97 Å². The predicted octanol–water partition coefficient (Wildman–Crippen LogP) is 3.15. The number of aliphatic hydroxyl groups excluding tert-OH is 1. The second-order valence-electron chi connectivity index (χ2n) is 11.9. The molecular weight excluding hydrogens is 408 g/mol. The number of ketones is 2. The second-order valence-corrected chi connectivity index (χ2v) is 11.9. The molecule has 0 aliphatic heterocycles. The van der Waals surface area contributed by atoms with Gasteiger partial charge in [-0.25, -0.2) is 0 Å². The van der Waals surface area contributed by atoms with Crippen LogP contribution in [0.1, 0.15) is 66.7 Å². The Hall–Kier alpha value is -1.79. The van der Waals surface area contributed by atoms with Crippen molar-refractivity contribution in [3.8, 4) is 0 Å². The van der Waals surface area contributed by atoms with Crippen molar-refractivity contribution in [2.24, 2.45) is 34.0 Å². The molecule has 0 bridgehead atoms. The maximum atomic E-state index is 13.2. The molecule has 2 N–H and O–H groups in total. The smallest absolute Gasteiger partial charge is 0.311 e. The molecule has 0 spiro atoms. The van der Waals surface area contributed by atoms with Gasteiger partial charge in [0, 0.05) is 16.7 Å². The van der Waals surface area contributed by atoms with E-state index >= 15 is 0 Å². The largest absolute Gasteiger partial charge is 0.457 e. The van der Waals surface area contributed by atoms with Crippen LogP contribution in [-0.2, 0) is 19.1 Å². The number of Topliss-reactive ketones (excluding diaryl/α,β-unsaturated/α-hetero) is 1. The first kappa shape index (κ1) is 23.4. The van der Waals surface area contributed by atoms with E-state index in [4.69, 9.17) is 4.74 Å². The fourth-order valence-electron chi connectivity index (χ4n) is 7.26. The minimum absolute atomic E-state index is 0.00305. The number of aliphatic hydroxyl groups is 2. The quantitative estimate of drug-likeness (QED) is 0.649. The number of hydrogen-bond acceptors (Lipinski definition) is 6. The van der Waals surface area contributed by atoms with E-state index < -0.39 is 40.9 Å². The standard InChI is InChI=1S/C26H36O6/c1-23(2,3)22(30)32-14-20(29)26(31)11-9-18-17-7-6-15-12-16(27)8-10-24(15,4)21(17)19(28)13-25(18,26)5/h8,10,12,17-19,21,28,31H,6-7,9,11,13-14H2,1-5H3/t17-,18-,19-,21+,24+,25-,26-/m1/s1. The van der Waals surface area contributed by atoms with Crippen LogP contribution in [0.15, 0.2) is 23.8 Å². The van der Waals surface area contributed by atoms with Crippen molar-refractivity contribution in [2.45, 2.75) is 78.4 Å². The Kier molecular flexibility index (Phi) is 5.37. The predicted molar refractivity (Wildman–Crippen MR) is 118 cm³/mol. The van der Waals surface area contributed by atoms with Crippen molar-refractivity contribution < 1.29 is 29.3 Å². The molecule has 32 heavy (non-hydrogen) atoms. The maximum Gasteiger partial charge on any atom is 0.311 e. The van der Waals surface area contributed by atoms with Gasteiger partial charge in [-0.1, -0.05) is 25.5 Å². The number of hydrogen-bond donors (Lipinski definition) is 2. The fraction of sp³-hybridized carbons (Fsp3) is 0.731. The van der Waals surface area contributed by atoms with Gasteiger partial charge in [-0.15, -0.1) is 0 Å². The van der Waals surface area contributed by atoms with E-state index in [0.29, 0.717) is 19.3 Å². The molecule has 4 aliphatic rings. The monoisotopic (exact) mass is 444 g/mol. The molecular formula is C26H36O6. The summed E-state index contributed by atoms with van der Waals surface area (Å²) >= 11 is 0. The molecule has 0 aromatic carbocycles. The van der Waals surface area contributed by atoms with Gasteiger partial charge in [0.25, 0.3) is 0 Å². The van der Waals surface area contributed by atoms with Gasteiger partial charge in [-0.3, -0.25) is 14.4 Å². The van der Waals surface area contributed by atoms with Gasteiger partial charge in [0.05, 0.1) is 11.5 Å². The number of rotatable bonds is 3. The molecule has 4 rings (SSSR count). The maximum absolute atomic E-state index is 13.2. The molecule has 0 radical (unpaired) electrons. The van der Waals surface area contributed by atoms with E-state index in [9.17, 15) is 24.6 Å². The molecule has 3 fully saturated rings. The van der Waals surface area contributed by atoms with Gasteiger partial charge in [0.15, 0.2) is 12.4 Å². The summed E-state index contributed by atoms with van der Waals surface area (Å²) in [5.74, 6) is -0.791. The van der Waals surface area contributed by atoms with Crippen LogP contribution in [0, 0.1) is 34.0 Å². The first-order valence-corrected chi connectivity index (χ1v) is 11.8. The lowest BCUT2D eigenvalue weighted by Crippen LogP contribution is -2.61. The third-order valence-electron chi connectivity index (χ3n) is 9.06. The molecule has 0 amide bonds. The molecule has 0 aromatic heterocycles. The fourth-order valence-corrected chi connectivity index (χ4v) is 7.26. The molecule has 0 saturated heterocycles. The average Bonchev–Trinajstić information content (AvgIpc) is 2.97.